The van der Waals surface area contributed by atoms with Gasteiger partial charge in [-0.1, -0.05) is 18.2 Å². The van der Waals surface area contributed by atoms with Crippen LogP contribution in [0, 0.1) is 6.92 Å². The van der Waals surface area contributed by atoms with Gasteiger partial charge in [0.2, 0.25) is 11.8 Å². The molecular weight excluding hydrogens is 366 g/mol. The van der Waals surface area contributed by atoms with Crippen molar-refractivity contribution in [3.05, 3.63) is 54.2 Å². The van der Waals surface area contributed by atoms with E-state index in [1.54, 1.807) is 4.90 Å². The molecule has 0 unspecified atom stereocenters. The molecule has 7 heteroatoms. The molecule has 4 rings (SSSR count). The van der Waals surface area contributed by atoms with E-state index in [1.165, 1.54) is 0 Å². The Hall–Kier alpha value is -3.35. The SMILES string of the molecule is Cc1ccccc1NC(=O)CCC(=O)N1CCCn2nc(-c3cccn3C)cc21. The van der Waals surface area contributed by atoms with E-state index in [0.29, 0.717) is 6.54 Å². The zero-order chi connectivity index (χ0) is 20.4. The number of para-hydroxylation sites is 1. The first-order chi connectivity index (χ1) is 14.0. The zero-order valence-corrected chi connectivity index (χ0v) is 16.8. The standard InChI is InChI=1S/C22H25N5O2/c1-16-7-3-4-8-17(16)23-20(28)10-11-22(29)26-13-6-14-27-21(26)15-18(24-27)19-9-5-12-25(19)2/h3-5,7-9,12,15H,6,10-11,13-14H2,1-2H3,(H,23,28). The van der Waals surface area contributed by atoms with Crippen LogP contribution in [-0.4, -0.2) is 32.7 Å². The number of carbonyl (C=O) groups is 2. The van der Waals surface area contributed by atoms with Gasteiger partial charge in [0.1, 0.15) is 11.5 Å². The van der Waals surface area contributed by atoms with E-state index in [0.717, 1.165) is 41.4 Å². The van der Waals surface area contributed by atoms with Crippen LogP contribution in [0.2, 0.25) is 0 Å². The average molecular weight is 391 g/mol. The molecule has 0 bridgehead atoms. The number of anilines is 2. The predicted octanol–water partition coefficient (Wildman–Crippen LogP) is 3.35. The molecule has 0 saturated carbocycles. The minimum Gasteiger partial charge on any atom is -0.349 e. The van der Waals surface area contributed by atoms with E-state index >= 15 is 0 Å². The summed E-state index contributed by atoms with van der Waals surface area (Å²) in [7, 11) is 1.98. The summed E-state index contributed by atoms with van der Waals surface area (Å²) in [5.74, 6) is 0.601. The number of amides is 2. The third kappa shape index (κ3) is 3.94. The molecular formula is C22H25N5O2. The number of hydrogen-bond donors (Lipinski definition) is 1. The van der Waals surface area contributed by atoms with Crippen LogP contribution >= 0.6 is 0 Å². The van der Waals surface area contributed by atoms with Gasteiger partial charge in [-0.05, 0) is 37.1 Å². The Morgan fingerprint density at radius 2 is 1.93 bits per heavy atom. The van der Waals surface area contributed by atoms with Crippen LogP contribution in [0.15, 0.2) is 48.7 Å². The summed E-state index contributed by atoms with van der Waals surface area (Å²) < 4.78 is 3.90. The van der Waals surface area contributed by atoms with E-state index in [-0.39, 0.29) is 24.7 Å². The number of fused-ring (bicyclic) bond motifs is 1. The van der Waals surface area contributed by atoms with Gasteiger partial charge in [0.05, 0.1) is 5.69 Å². The topological polar surface area (TPSA) is 72.2 Å². The molecule has 2 amide bonds. The zero-order valence-electron chi connectivity index (χ0n) is 16.8. The molecule has 1 aliphatic rings. The molecule has 3 aromatic rings. The highest BCUT2D eigenvalue weighted by Crippen LogP contribution is 2.28. The van der Waals surface area contributed by atoms with E-state index in [1.807, 2.05) is 71.9 Å². The highest BCUT2D eigenvalue weighted by Gasteiger charge is 2.25. The maximum atomic E-state index is 12.8. The van der Waals surface area contributed by atoms with Crippen molar-refractivity contribution in [2.45, 2.75) is 32.7 Å². The van der Waals surface area contributed by atoms with Gasteiger partial charge in [0.25, 0.3) is 0 Å². The summed E-state index contributed by atoms with van der Waals surface area (Å²) in [4.78, 5) is 26.9. The number of hydrogen-bond acceptors (Lipinski definition) is 3. The monoisotopic (exact) mass is 391 g/mol. The van der Waals surface area contributed by atoms with Gasteiger partial charge in [-0.3, -0.25) is 14.5 Å². The van der Waals surface area contributed by atoms with Gasteiger partial charge in [0.15, 0.2) is 0 Å². The molecule has 0 aliphatic carbocycles. The van der Waals surface area contributed by atoms with Crippen LogP contribution in [0.5, 0.6) is 0 Å². The van der Waals surface area contributed by atoms with Crippen molar-refractivity contribution in [3.8, 4) is 11.4 Å². The highest BCUT2D eigenvalue weighted by molar-refractivity contribution is 5.98. The molecule has 1 N–H and O–H groups in total. The molecule has 0 fully saturated rings. The lowest BCUT2D eigenvalue weighted by molar-refractivity contribution is -0.122. The quantitative estimate of drug-likeness (QED) is 0.725. The van der Waals surface area contributed by atoms with Crippen molar-refractivity contribution >= 4 is 23.3 Å². The van der Waals surface area contributed by atoms with Gasteiger partial charge in [-0.2, -0.15) is 5.10 Å². The van der Waals surface area contributed by atoms with E-state index in [2.05, 4.69) is 10.4 Å². The lowest BCUT2D eigenvalue weighted by Crippen LogP contribution is -2.37. The minimum absolute atomic E-state index is 0.0517. The van der Waals surface area contributed by atoms with Crippen molar-refractivity contribution in [2.75, 3.05) is 16.8 Å². The molecule has 2 aromatic heterocycles. The van der Waals surface area contributed by atoms with Crippen LogP contribution in [0.1, 0.15) is 24.8 Å². The summed E-state index contributed by atoms with van der Waals surface area (Å²) in [5, 5.41) is 7.56. The van der Waals surface area contributed by atoms with Crippen LogP contribution in [0.3, 0.4) is 0 Å². The Morgan fingerprint density at radius 1 is 1.10 bits per heavy atom. The first kappa shape index (κ1) is 19.0. The van der Waals surface area contributed by atoms with E-state index < -0.39 is 0 Å². The third-order valence-electron chi connectivity index (χ3n) is 5.28. The molecule has 0 atom stereocenters. The predicted molar refractivity (Wildman–Crippen MR) is 113 cm³/mol. The largest absolute Gasteiger partial charge is 0.349 e. The van der Waals surface area contributed by atoms with Crippen LogP contribution < -0.4 is 10.2 Å². The van der Waals surface area contributed by atoms with Gasteiger partial charge in [-0.25, -0.2) is 4.68 Å². The number of aromatic nitrogens is 3. The van der Waals surface area contributed by atoms with Gasteiger partial charge in [0, 0.05) is 50.9 Å². The molecule has 29 heavy (non-hydrogen) atoms. The Balaban J connectivity index is 1.42. The molecule has 150 valence electrons. The second kappa shape index (κ2) is 7.95. The summed E-state index contributed by atoms with van der Waals surface area (Å²) in [6, 6.07) is 13.6. The van der Waals surface area contributed by atoms with Gasteiger partial charge in [-0.15, -0.1) is 0 Å². The number of carbonyl (C=O) groups excluding carboxylic acids is 2. The van der Waals surface area contributed by atoms with Crippen molar-refractivity contribution in [3.63, 3.8) is 0 Å². The first-order valence-electron chi connectivity index (χ1n) is 9.88. The van der Waals surface area contributed by atoms with E-state index in [9.17, 15) is 9.59 Å². The number of aryl methyl sites for hydroxylation is 3. The lowest BCUT2D eigenvalue weighted by atomic mass is 10.2. The molecule has 7 nitrogen and oxygen atoms in total. The van der Waals surface area contributed by atoms with Crippen LogP contribution in [0.4, 0.5) is 11.5 Å². The van der Waals surface area contributed by atoms with Crippen LogP contribution in [0.25, 0.3) is 11.4 Å². The average Bonchev–Trinajstić information content (AvgIpc) is 3.33. The fourth-order valence-electron chi connectivity index (χ4n) is 3.67. The fourth-order valence-corrected chi connectivity index (χ4v) is 3.67. The van der Waals surface area contributed by atoms with Crippen molar-refractivity contribution < 1.29 is 9.59 Å². The molecule has 0 radical (unpaired) electrons. The fraction of sp³-hybridized carbons (Fsp3) is 0.318. The van der Waals surface area contributed by atoms with Gasteiger partial charge >= 0.3 is 0 Å². The first-order valence-corrected chi connectivity index (χ1v) is 9.88. The van der Waals surface area contributed by atoms with Crippen molar-refractivity contribution in [1.29, 1.82) is 0 Å². The molecule has 1 aromatic carbocycles. The number of nitrogens with zero attached hydrogens (tertiary/aromatic N) is 4. The summed E-state index contributed by atoms with van der Waals surface area (Å²) in [6.45, 7) is 3.38. The Labute approximate surface area is 169 Å². The summed E-state index contributed by atoms with van der Waals surface area (Å²) in [6.07, 6.45) is 3.15. The molecule has 0 spiro atoms. The Kier molecular flexibility index (Phi) is 5.20. The Morgan fingerprint density at radius 3 is 2.69 bits per heavy atom. The third-order valence-corrected chi connectivity index (χ3v) is 5.28. The van der Waals surface area contributed by atoms with Crippen molar-refractivity contribution in [2.24, 2.45) is 7.05 Å². The number of nitrogens with one attached hydrogen (secondary N) is 1. The molecule has 0 saturated heterocycles. The van der Waals surface area contributed by atoms with Gasteiger partial charge < -0.3 is 9.88 Å². The smallest absolute Gasteiger partial charge is 0.228 e. The second-order valence-electron chi connectivity index (χ2n) is 7.38. The highest BCUT2D eigenvalue weighted by atomic mass is 16.2. The lowest BCUT2D eigenvalue weighted by Gasteiger charge is -2.27. The number of benzene rings is 1. The summed E-state index contributed by atoms with van der Waals surface area (Å²) in [5.41, 5.74) is 3.65. The maximum Gasteiger partial charge on any atom is 0.228 e. The van der Waals surface area contributed by atoms with Crippen molar-refractivity contribution in [1.82, 2.24) is 14.3 Å². The minimum atomic E-state index is -0.150. The Bertz CT molecular complexity index is 1050. The maximum absolute atomic E-state index is 12.8. The molecule has 3 heterocycles. The van der Waals surface area contributed by atoms with Crippen LogP contribution in [-0.2, 0) is 23.2 Å². The normalized spacial score (nSPS) is 13.2. The van der Waals surface area contributed by atoms with E-state index in [4.69, 9.17) is 0 Å². The summed E-state index contributed by atoms with van der Waals surface area (Å²) >= 11 is 0. The number of rotatable bonds is 5. The molecule has 1 aliphatic heterocycles. The second-order valence-corrected chi connectivity index (χ2v) is 7.38.